The first kappa shape index (κ1) is 24.9. The van der Waals surface area contributed by atoms with Gasteiger partial charge in [-0.15, -0.1) is 0 Å². The molecule has 1 aromatic rings. The molecule has 0 saturated heterocycles. The number of aromatic hydroxyl groups is 1. The van der Waals surface area contributed by atoms with Crippen LogP contribution in [0.5, 0.6) is 5.75 Å². The third kappa shape index (κ3) is 3.48. The summed E-state index contributed by atoms with van der Waals surface area (Å²) in [4.78, 5) is 39.9. The van der Waals surface area contributed by atoms with Crippen molar-refractivity contribution in [1.29, 1.82) is 0 Å². The lowest BCUT2D eigenvalue weighted by atomic mass is 9.56. The van der Waals surface area contributed by atoms with Crippen molar-refractivity contribution in [2.75, 3.05) is 0 Å². The fraction of sp³-hybridized carbons (Fsp3) is 0.500. The number of nitrogens with one attached hydrogen (secondary N) is 1. The summed E-state index contributed by atoms with van der Waals surface area (Å²) in [7, 11) is 0. The maximum atomic E-state index is 13.5. The minimum Gasteiger partial charge on any atom is -0.511 e. The Morgan fingerprint density at radius 2 is 1.86 bits per heavy atom. The number of allylic oxidation sites excluding steroid dienone is 1. The molecule has 3 aliphatic carbocycles. The van der Waals surface area contributed by atoms with Crippen LogP contribution in [-0.2, 0) is 9.59 Å². The van der Waals surface area contributed by atoms with Gasteiger partial charge in [-0.05, 0) is 37.8 Å². The first-order chi connectivity index (χ1) is 16.3. The second-order valence-electron chi connectivity index (χ2n) is 10.5. The van der Waals surface area contributed by atoms with Crippen molar-refractivity contribution in [2.45, 2.75) is 70.1 Å². The average Bonchev–Trinajstić information content (AvgIpc) is 2.76. The standard InChI is InChI=1S/C26H31NO8/c1-5-9-25(3,4)27-24(34)18-15(29)10-13-20(30)16-11(2)12-7-6-8-14(28)17(12)21(31)19(16)23(33)26(13,35)22(18)32/h6-8,11,13,16,20,28-30,33,35H,5,9-10H2,1-4H3,(H,27,34)/t11-,13+,16+,20+,26+/m0/s1. The predicted octanol–water partition coefficient (Wildman–Crippen LogP) is 2.32. The smallest absolute Gasteiger partial charge is 0.258 e. The number of phenolic OH excluding ortho intramolecular Hbond substituents is 1. The molecule has 6 N–H and O–H groups in total. The quantitative estimate of drug-likeness (QED) is 0.354. The number of aliphatic hydroxyl groups is 4. The first-order valence-electron chi connectivity index (χ1n) is 11.8. The van der Waals surface area contributed by atoms with Crippen LogP contribution in [0.4, 0.5) is 0 Å². The zero-order chi connectivity index (χ0) is 26.0. The predicted molar refractivity (Wildman–Crippen MR) is 125 cm³/mol. The van der Waals surface area contributed by atoms with Gasteiger partial charge in [-0.2, -0.15) is 0 Å². The molecule has 0 spiro atoms. The van der Waals surface area contributed by atoms with Crippen molar-refractivity contribution in [1.82, 2.24) is 5.32 Å². The molecule has 0 aromatic heterocycles. The number of hydrogen-bond acceptors (Lipinski definition) is 8. The van der Waals surface area contributed by atoms with Gasteiger partial charge in [-0.1, -0.05) is 32.4 Å². The average molecular weight is 486 g/mol. The number of benzene rings is 1. The number of hydrogen-bond donors (Lipinski definition) is 6. The van der Waals surface area contributed by atoms with E-state index in [4.69, 9.17) is 0 Å². The molecule has 0 fully saturated rings. The van der Waals surface area contributed by atoms with Gasteiger partial charge in [0.05, 0.1) is 11.7 Å². The van der Waals surface area contributed by atoms with E-state index in [1.807, 2.05) is 6.92 Å². The normalized spacial score (nSPS) is 30.6. The van der Waals surface area contributed by atoms with E-state index in [0.29, 0.717) is 12.0 Å². The van der Waals surface area contributed by atoms with Crippen LogP contribution >= 0.6 is 0 Å². The van der Waals surface area contributed by atoms with Gasteiger partial charge in [0, 0.05) is 29.4 Å². The maximum absolute atomic E-state index is 13.5. The van der Waals surface area contributed by atoms with Gasteiger partial charge in [-0.3, -0.25) is 14.4 Å². The second kappa shape index (κ2) is 8.20. The number of phenols is 1. The number of amides is 1. The molecule has 3 aliphatic rings. The summed E-state index contributed by atoms with van der Waals surface area (Å²) in [5, 5.41) is 57.7. The molecule has 0 saturated carbocycles. The molecular formula is C26H31NO8. The Hall–Kier alpha value is -3.17. The molecule has 1 aromatic carbocycles. The summed E-state index contributed by atoms with van der Waals surface area (Å²) >= 11 is 0. The lowest BCUT2D eigenvalue weighted by Gasteiger charge is -2.50. The van der Waals surface area contributed by atoms with E-state index in [1.165, 1.54) is 6.07 Å². The Balaban J connectivity index is 1.85. The molecule has 0 aliphatic heterocycles. The van der Waals surface area contributed by atoms with E-state index in [1.54, 1.807) is 32.9 Å². The number of Topliss-reactive ketones (excluding diaryl/α,β-unsaturated/α-hetero) is 2. The van der Waals surface area contributed by atoms with E-state index in [2.05, 4.69) is 5.32 Å². The van der Waals surface area contributed by atoms with Crippen molar-refractivity contribution >= 4 is 17.5 Å². The number of fused-ring (bicyclic) bond motifs is 3. The highest BCUT2D eigenvalue weighted by Crippen LogP contribution is 2.54. The summed E-state index contributed by atoms with van der Waals surface area (Å²) in [5.74, 6) is -7.86. The molecule has 0 bridgehead atoms. The van der Waals surface area contributed by atoms with Crippen LogP contribution in [0.1, 0.15) is 68.8 Å². The third-order valence-corrected chi connectivity index (χ3v) is 7.67. The zero-order valence-electron chi connectivity index (χ0n) is 20.1. The Morgan fingerprint density at radius 3 is 2.49 bits per heavy atom. The summed E-state index contributed by atoms with van der Waals surface area (Å²) in [6, 6.07) is 4.50. The van der Waals surface area contributed by atoms with Crippen LogP contribution in [0.3, 0.4) is 0 Å². The molecule has 1 amide bonds. The van der Waals surface area contributed by atoms with Crippen molar-refractivity contribution in [2.24, 2.45) is 11.8 Å². The topological polar surface area (TPSA) is 164 Å². The summed E-state index contributed by atoms with van der Waals surface area (Å²) in [5.41, 5.74) is -4.22. The fourth-order valence-corrected chi connectivity index (χ4v) is 5.99. The van der Waals surface area contributed by atoms with Crippen LogP contribution < -0.4 is 5.32 Å². The summed E-state index contributed by atoms with van der Waals surface area (Å²) < 4.78 is 0. The van der Waals surface area contributed by atoms with Gasteiger partial charge in [0.1, 0.15) is 22.8 Å². The van der Waals surface area contributed by atoms with Crippen molar-refractivity contribution < 1.29 is 39.9 Å². The zero-order valence-corrected chi connectivity index (χ0v) is 20.1. The summed E-state index contributed by atoms with van der Waals surface area (Å²) in [6.07, 6.45) is -0.638. The van der Waals surface area contributed by atoms with Gasteiger partial charge in [0.25, 0.3) is 5.91 Å². The molecule has 0 heterocycles. The van der Waals surface area contributed by atoms with E-state index in [-0.39, 0.29) is 16.9 Å². The van der Waals surface area contributed by atoms with Gasteiger partial charge < -0.3 is 30.8 Å². The molecule has 35 heavy (non-hydrogen) atoms. The SMILES string of the molecule is CCCC(C)(C)NC(=O)C1=C(O)C[C@@H]2[C@@H](O)[C@H]3C(=C(O)[C@]2(O)C1=O)C(=O)c1c(O)cccc1[C@@H]3C. The van der Waals surface area contributed by atoms with Crippen molar-refractivity contribution in [3.8, 4) is 5.75 Å². The number of ketones is 2. The highest BCUT2D eigenvalue weighted by atomic mass is 16.4. The highest BCUT2D eigenvalue weighted by Gasteiger charge is 2.64. The number of rotatable bonds is 4. The Morgan fingerprint density at radius 1 is 1.20 bits per heavy atom. The van der Waals surface area contributed by atoms with E-state index < -0.39 is 76.0 Å². The molecular weight excluding hydrogens is 454 g/mol. The summed E-state index contributed by atoms with van der Waals surface area (Å²) in [6.45, 7) is 7.12. The third-order valence-electron chi connectivity index (χ3n) is 7.67. The fourth-order valence-electron chi connectivity index (χ4n) is 5.99. The molecule has 5 atom stereocenters. The van der Waals surface area contributed by atoms with Crippen LogP contribution in [0.2, 0.25) is 0 Å². The number of carbonyl (C=O) groups excluding carboxylic acids is 3. The molecule has 9 heteroatoms. The van der Waals surface area contributed by atoms with Gasteiger partial charge in [0.2, 0.25) is 5.78 Å². The van der Waals surface area contributed by atoms with Crippen LogP contribution in [0.25, 0.3) is 0 Å². The maximum Gasteiger partial charge on any atom is 0.258 e. The highest BCUT2D eigenvalue weighted by molar-refractivity contribution is 6.25. The lowest BCUT2D eigenvalue weighted by molar-refractivity contribution is -0.155. The molecule has 4 rings (SSSR count). The van der Waals surface area contributed by atoms with Crippen LogP contribution in [-0.4, -0.2) is 60.3 Å². The minimum atomic E-state index is -2.80. The minimum absolute atomic E-state index is 0.0759. The monoisotopic (exact) mass is 485 g/mol. The number of aliphatic hydroxyl groups excluding tert-OH is 3. The van der Waals surface area contributed by atoms with Crippen molar-refractivity contribution in [3.05, 3.63) is 52.0 Å². The molecule has 0 radical (unpaired) electrons. The Labute approximate surface area is 202 Å². The van der Waals surface area contributed by atoms with Crippen LogP contribution in [0, 0.1) is 11.8 Å². The van der Waals surface area contributed by atoms with Gasteiger partial charge in [0.15, 0.2) is 11.4 Å². The first-order valence-corrected chi connectivity index (χ1v) is 11.8. The molecule has 0 unspecified atom stereocenters. The van der Waals surface area contributed by atoms with Crippen molar-refractivity contribution in [3.63, 3.8) is 0 Å². The number of carbonyl (C=O) groups is 3. The molecule has 188 valence electrons. The van der Waals surface area contributed by atoms with E-state index in [9.17, 15) is 39.9 Å². The van der Waals surface area contributed by atoms with Crippen LogP contribution in [0.15, 0.2) is 40.9 Å². The molecule has 9 nitrogen and oxygen atoms in total. The van der Waals surface area contributed by atoms with E-state index in [0.717, 1.165) is 6.42 Å². The van der Waals surface area contributed by atoms with Gasteiger partial charge in [-0.25, -0.2) is 0 Å². The lowest BCUT2D eigenvalue weighted by Crippen LogP contribution is -2.63. The Bertz CT molecular complexity index is 1200. The Kier molecular flexibility index (Phi) is 5.84. The van der Waals surface area contributed by atoms with E-state index >= 15 is 0 Å². The second-order valence-corrected chi connectivity index (χ2v) is 10.5. The largest absolute Gasteiger partial charge is 0.511 e. The van der Waals surface area contributed by atoms with Gasteiger partial charge >= 0.3 is 0 Å².